The molecule has 0 bridgehead atoms. The number of fused-ring (bicyclic) bond motifs is 1. The molecular weight excluding hydrogens is 389 g/mol. The molecule has 138 valence electrons. The van der Waals surface area contributed by atoms with Crippen molar-refractivity contribution in [1.29, 1.82) is 0 Å². The Morgan fingerprint density at radius 1 is 1.07 bits per heavy atom. The molecule has 8 heteroatoms. The van der Waals surface area contributed by atoms with Crippen molar-refractivity contribution < 1.29 is 14.3 Å². The van der Waals surface area contributed by atoms with Gasteiger partial charge in [-0.2, -0.15) is 0 Å². The number of halogens is 2. The normalized spacial score (nSPS) is 10.5. The second-order valence-electron chi connectivity index (χ2n) is 5.66. The van der Waals surface area contributed by atoms with Crippen LogP contribution in [0.15, 0.2) is 48.7 Å². The molecule has 0 aliphatic heterocycles. The second kappa shape index (κ2) is 8.24. The molecule has 3 aromatic rings. The number of nitrogens with one attached hydrogen (secondary N) is 2. The summed E-state index contributed by atoms with van der Waals surface area (Å²) in [6, 6.07) is 11.8. The Balaban J connectivity index is 1.67. The Hall–Kier alpha value is -2.83. The summed E-state index contributed by atoms with van der Waals surface area (Å²) < 4.78 is 5.59. The molecule has 0 saturated carbocycles. The fourth-order valence-corrected chi connectivity index (χ4v) is 2.90. The van der Waals surface area contributed by atoms with Gasteiger partial charge in [-0.1, -0.05) is 23.2 Å². The van der Waals surface area contributed by atoms with E-state index in [0.29, 0.717) is 32.7 Å². The van der Waals surface area contributed by atoms with Gasteiger partial charge in [0.2, 0.25) is 5.91 Å². The molecule has 0 aliphatic rings. The van der Waals surface area contributed by atoms with Crippen LogP contribution in [0.2, 0.25) is 10.0 Å². The van der Waals surface area contributed by atoms with Crippen LogP contribution < -0.4 is 15.4 Å². The van der Waals surface area contributed by atoms with Crippen molar-refractivity contribution in [3.05, 3.63) is 58.7 Å². The van der Waals surface area contributed by atoms with Gasteiger partial charge in [-0.05, 0) is 42.5 Å². The molecule has 2 aromatic carbocycles. The third-order valence-corrected chi connectivity index (χ3v) is 4.24. The summed E-state index contributed by atoms with van der Waals surface area (Å²) in [5.74, 6) is -0.138. The van der Waals surface area contributed by atoms with Gasteiger partial charge in [0.1, 0.15) is 11.3 Å². The maximum absolute atomic E-state index is 12.2. The summed E-state index contributed by atoms with van der Waals surface area (Å²) in [6.45, 7) is 1.17. The van der Waals surface area contributed by atoms with Gasteiger partial charge in [-0.3, -0.25) is 14.6 Å². The van der Waals surface area contributed by atoms with Crippen molar-refractivity contribution in [3.8, 4) is 5.75 Å². The molecule has 27 heavy (non-hydrogen) atoms. The fraction of sp³-hybridized carbons (Fsp3) is 0.105. The number of pyridine rings is 1. The average Bonchev–Trinajstić information content (AvgIpc) is 2.63. The number of carbonyl (C=O) groups is 2. The Morgan fingerprint density at radius 2 is 1.89 bits per heavy atom. The summed E-state index contributed by atoms with van der Waals surface area (Å²) in [5, 5.41) is 6.88. The number of nitrogens with zero attached hydrogens (tertiary/aromatic N) is 1. The van der Waals surface area contributed by atoms with E-state index >= 15 is 0 Å². The van der Waals surface area contributed by atoms with Crippen molar-refractivity contribution in [2.24, 2.45) is 0 Å². The maximum atomic E-state index is 12.2. The van der Waals surface area contributed by atoms with Gasteiger partial charge in [0.15, 0.2) is 6.61 Å². The van der Waals surface area contributed by atoms with Crippen LogP contribution in [-0.4, -0.2) is 23.4 Å². The smallest absolute Gasteiger partial charge is 0.262 e. The van der Waals surface area contributed by atoms with E-state index in [4.69, 9.17) is 27.9 Å². The minimum Gasteiger partial charge on any atom is -0.481 e. The highest BCUT2D eigenvalue weighted by atomic mass is 35.5. The number of carbonyl (C=O) groups excluding carboxylic acids is 2. The number of hydrogen-bond acceptors (Lipinski definition) is 4. The van der Waals surface area contributed by atoms with E-state index in [1.54, 1.807) is 42.6 Å². The first-order valence-electron chi connectivity index (χ1n) is 7.97. The molecule has 1 heterocycles. The Morgan fingerprint density at radius 3 is 2.63 bits per heavy atom. The molecule has 2 amide bonds. The SMILES string of the molecule is CC(=O)Nc1ccc(NC(=O)COc2ccc(Cl)c3cccnc23)c(Cl)c1. The molecule has 6 nitrogen and oxygen atoms in total. The predicted molar refractivity (Wildman–Crippen MR) is 107 cm³/mol. The maximum Gasteiger partial charge on any atom is 0.262 e. The molecule has 2 N–H and O–H groups in total. The Kier molecular flexibility index (Phi) is 5.78. The van der Waals surface area contributed by atoms with Gasteiger partial charge in [0, 0.05) is 24.2 Å². The molecule has 0 saturated heterocycles. The largest absolute Gasteiger partial charge is 0.481 e. The Bertz CT molecular complexity index is 1020. The average molecular weight is 404 g/mol. The lowest BCUT2D eigenvalue weighted by molar-refractivity contribution is -0.118. The van der Waals surface area contributed by atoms with Crippen LogP contribution in [0, 0.1) is 0 Å². The molecule has 3 rings (SSSR count). The van der Waals surface area contributed by atoms with Crippen LogP contribution in [0.5, 0.6) is 5.75 Å². The van der Waals surface area contributed by atoms with Crippen LogP contribution >= 0.6 is 23.2 Å². The summed E-state index contributed by atoms with van der Waals surface area (Å²) in [7, 11) is 0. The number of rotatable bonds is 5. The van der Waals surface area contributed by atoms with Crippen LogP contribution in [0.3, 0.4) is 0 Å². The van der Waals surface area contributed by atoms with Gasteiger partial charge in [0.25, 0.3) is 5.91 Å². The van der Waals surface area contributed by atoms with Gasteiger partial charge in [0.05, 0.1) is 15.7 Å². The molecule has 0 aliphatic carbocycles. The topological polar surface area (TPSA) is 80.3 Å². The lowest BCUT2D eigenvalue weighted by Gasteiger charge is -2.11. The first kappa shape index (κ1) is 18.9. The monoisotopic (exact) mass is 403 g/mol. The van der Waals surface area contributed by atoms with E-state index in [9.17, 15) is 9.59 Å². The summed E-state index contributed by atoms with van der Waals surface area (Å²) in [6.07, 6.45) is 1.63. The van der Waals surface area contributed by atoms with E-state index < -0.39 is 0 Å². The summed E-state index contributed by atoms with van der Waals surface area (Å²) >= 11 is 12.3. The molecule has 0 atom stereocenters. The highest BCUT2D eigenvalue weighted by Gasteiger charge is 2.11. The van der Waals surface area contributed by atoms with Crippen LogP contribution in [0.25, 0.3) is 10.9 Å². The zero-order chi connectivity index (χ0) is 19.4. The van der Waals surface area contributed by atoms with Gasteiger partial charge < -0.3 is 15.4 Å². The van der Waals surface area contributed by atoms with E-state index in [-0.39, 0.29) is 18.4 Å². The van der Waals surface area contributed by atoms with Crippen LogP contribution in [0.1, 0.15) is 6.92 Å². The fourth-order valence-electron chi connectivity index (χ4n) is 2.46. The van der Waals surface area contributed by atoms with Crippen molar-refractivity contribution in [1.82, 2.24) is 4.98 Å². The quantitative estimate of drug-likeness (QED) is 0.656. The number of amides is 2. The lowest BCUT2D eigenvalue weighted by Crippen LogP contribution is -2.20. The van der Waals surface area contributed by atoms with Gasteiger partial charge in [-0.25, -0.2) is 0 Å². The van der Waals surface area contributed by atoms with Crippen LogP contribution in [0.4, 0.5) is 11.4 Å². The summed E-state index contributed by atoms with van der Waals surface area (Å²) in [4.78, 5) is 27.5. The zero-order valence-electron chi connectivity index (χ0n) is 14.3. The highest BCUT2D eigenvalue weighted by molar-refractivity contribution is 6.35. The van der Waals surface area contributed by atoms with Crippen molar-refractivity contribution in [2.75, 3.05) is 17.2 Å². The number of benzene rings is 2. The minimum atomic E-state index is -0.386. The minimum absolute atomic E-state index is 0.208. The van der Waals surface area contributed by atoms with Crippen molar-refractivity contribution in [2.45, 2.75) is 6.92 Å². The predicted octanol–water partition coefficient (Wildman–Crippen LogP) is 4.52. The summed E-state index contributed by atoms with van der Waals surface area (Å²) in [5.41, 5.74) is 1.54. The standard InChI is InChI=1S/C19H15Cl2N3O3/c1-11(25)23-12-4-6-16(15(21)9-12)24-18(26)10-27-17-7-5-14(20)13-3-2-8-22-19(13)17/h2-9H,10H2,1H3,(H,23,25)(H,24,26). The Labute approximate surface area is 165 Å². The zero-order valence-corrected chi connectivity index (χ0v) is 15.8. The number of hydrogen-bond donors (Lipinski definition) is 2. The highest BCUT2D eigenvalue weighted by Crippen LogP contribution is 2.30. The third kappa shape index (κ3) is 4.67. The van der Waals surface area contributed by atoms with E-state index in [0.717, 1.165) is 5.39 Å². The van der Waals surface area contributed by atoms with E-state index in [2.05, 4.69) is 15.6 Å². The number of aromatic nitrogens is 1. The third-order valence-electron chi connectivity index (χ3n) is 3.60. The van der Waals surface area contributed by atoms with Crippen molar-refractivity contribution >= 4 is 57.3 Å². The van der Waals surface area contributed by atoms with Crippen molar-refractivity contribution in [3.63, 3.8) is 0 Å². The molecule has 1 aromatic heterocycles. The van der Waals surface area contributed by atoms with Crippen LogP contribution in [-0.2, 0) is 9.59 Å². The number of anilines is 2. The molecular formula is C19H15Cl2N3O3. The van der Waals surface area contributed by atoms with E-state index in [1.807, 2.05) is 6.07 Å². The first-order valence-corrected chi connectivity index (χ1v) is 8.72. The lowest BCUT2D eigenvalue weighted by atomic mass is 10.2. The molecule has 0 unspecified atom stereocenters. The van der Waals surface area contributed by atoms with Gasteiger partial charge in [-0.15, -0.1) is 0 Å². The van der Waals surface area contributed by atoms with Gasteiger partial charge >= 0.3 is 0 Å². The van der Waals surface area contributed by atoms with E-state index in [1.165, 1.54) is 6.92 Å². The molecule has 0 fully saturated rings. The second-order valence-corrected chi connectivity index (χ2v) is 6.47. The molecule has 0 radical (unpaired) electrons. The number of ether oxygens (including phenoxy) is 1. The molecule has 0 spiro atoms. The first-order chi connectivity index (χ1) is 12.9.